The van der Waals surface area contributed by atoms with Gasteiger partial charge < -0.3 is 19.6 Å². The molecular weight excluding hydrogens is 414 g/mol. The van der Waals surface area contributed by atoms with E-state index in [4.69, 9.17) is 9.90 Å². The summed E-state index contributed by atoms with van der Waals surface area (Å²) in [4.78, 5) is 47.6. The molecule has 0 saturated carbocycles. The molecule has 4 heterocycles. The van der Waals surface area contributed by atoms with Crippen LogP contribution in [0.4, 0.5) is 0 Å². The van der Waals surface area contributed by atoms with E-state index in [1.165, 1.54) is 10.9 Å². The molecule has 1 amide bonds. The highest BCUT2D eigenvalue weighted by atomic mass is 16.3. The van der Waals surface area contributed by atoms with Gasteiger partial charge in [0.15, 0.2) is 0 Å². The summed E-state index contributed by atoms with van der Waals surface area (Å²) in [5.41, 5.74) is 3.78. The Labute approximate surface area is 182 Å². The molecule has 11 heteroatoms. The summed E-state index contributed by atoms with van der Waals surface area (Å²) in [6, 6.07) is 5.04. The number of aromatic amines is 1. The number of hydrogen-bond acceptors (Lipinski definition) is 6. The van der Waals surface area contributed by atoms with Gasteiger partial charge in [-0.25, -0.2) is 9.97 Å². The highest BCUT2D eigenvalue weighted by Gasteiger charge is 2.32. The average Bonchev–Trinajstić information content (AvgIpc) is 3.44. The van der Waals surface area contributed by atoms with Gasteiger partial charge in [-0.05, 0) is 18.2 Å². The van der Waals surface area contributed by atoms with Gasteiger partial charge in [0, 0.05) is 43.9 Å². The smallest absolute Gasteiger partial charge is 0.290 e. The zero-order valence-corrected chi connectivity index (χ0v) is 17.5. The van der Waals surface area contributed by atoms with Crippen LogP contribution in [-0.2, 0) is 25.4 Å². The molecule has 164 valence electrons. The number of amides is 1. The molecule has 11 nitrogen and oxygen atoms in total. The van der Waals surface area contributed by atoms with Crippen LogP contribution in [0.5, 0.6) is 0 Å². The van der Waals surface area contributed by atoms with E-state index in [1.54, 1.807) is 41.2 Å². The van der Waals surface area contributed by atoms with Gasteiger partial charge in [0.25, 0.3) is 17.9 Å². The second kappa shape index (κ2) is 8.46. The molecule has 5 rings (SSSR count). The van der Waals surface area contributed by atoms with Gasteiger partial charge in [-0.15, -0.1) is 0 Å². The third-order valence-electron chi connectivity index (χ3n) is 5.41. The molecule has 0 radical (unpaired) electrons. The number of nitrogens with zero attached hydrogens (tertiary/aromatic N) is 6. The Kier molecular flexibility index (Phi) is 5.54. The van der Waals surface area contributed by atoms with Crippen LogP contribution in [0.1, 0.15) is 33.2 Å². The lowest BCUT2D eigenvalue weighted by Gasteiger charge is -2.31. The molecule has 2 N–H and O–H groups in total. The molecule has 1 aliphatic rings. The molecule has 0 aliphatic carbocycles. The van der Waals surface area contributed by atoms with Crippen LogP contribution in [0, 0.1) is 0 Å². The molecule has 0 saturated heterocycles. The minimum absolute atomic E-state index is 0.0477. The summed E-state index contributed by atoms with van der Waals surface area (Å²) in [6.07, 6.45) is 6.90. The highest BCUT2D eigenvalue weighted by Crippen LogP contribution is 2.32. The fourth-order valence-electron chi connectivity index (χ4n) is 3.89. The van der Waals surface area contributed by atoms with Gasteiger partial charge in [0.05, 0.1) is 47.7 Å². The van der Waals surface area contributed by atoms with E-state index in [0.29, 0.717) is 29.6 Å². The van der Waals surface area contributed by atoms with Crippen molar-refractivity contribution in [3.63, 3.8) is 0 Å². The number of H-pyrrole nitrogens is 1. The first-order valence-electron chi connectivity index (χ1n) is 9.76. The zero-order chi connectivity index (χ0) is 22.8. The summed E-state index contributed by atoms with van der Waals surface area (Å²) >= 11 is 0. The van der Waals surface area contributed by atoms with E-state index in [1.807, 2.05) is 19.4 Å². The van der Waals surface area contributed by atoms with E-state index in [-0.39, 0.29) is 23.9 Å². The van der Waals surface area contributed by atoms with E-state index >= 15 is 0 Å². The Bertz CT molecular complexity index is 1350. The maximum atomic E-state index is 13.3. The molecule has 32 heavy (non-hydrogen) atoms. The predicted octanol–water partition coefficient (Wildman–Crippen LogP) is 0.879. The molecule has 1 atom stereocenters. The molecule has 4 aromatic rings. The molecule has 0 bridgehead atoms. The van der Waals surface area contributed by atoms with Crippen molar-refractivity contribution in [1.29, 1.82) is 0 Å². The van der Waals surface area contributed by atoms with Crippen LogP contribution in [0.2, 0.25) is 0 Å². The lowest BCUT2D eigenvalue weighted by Crippen LogP contribution is -2.38. The van der Waals surface area contributed by atoms with Crippen molar-refractivity contribution < 1.29 is 14.7 Å². The lowest BCUT2D eigenvalue weighted by molar-refractivity contribution is -0.122. The molecule has 1 unspecified atom stereocenters. The second-order valence-corrected chi connectivity index (χ2v) is 7.45. The van der Waals surface area contributed by atoms with Gasteiger partial charge in [-0.2, -0.15) is 5.10 Å². The number of hydrogen-bond donors (Lipinski definition) is 2. The Balaban J connectivity index is 0.000000775. The third kappa shape index (κ3) is 3.75. The number of benzene rings is 1. The van der Waals surface area contributed by atoms with Crippen LogP contribution >= 0.6 is 0 Å². The van der Waals surface area contributed by atoms with Crippen molar-refractivity contribution in [3.8, 4) is 0 Å². The second-order valence-electron chi connectivity index (χ2n) is 7.45. The SMILES string of the molecule is Cn1cc(C2CN(C(=O)c3ccc4c(=O)n(C)cnc4c3)Cc3[nH]cnc32)cn1.O=CO. The molecule has 1 aliphatic heterocycles. The van der Waals surface area contributed by atoms with Crippen LogP contribution in [0.3, 0.4) is 0 Å². The fourth-order valence-corrected chi connectivity index (χ4v) is 3.89. The topological polar surface area (TPSA) is 139 Å². The van der Waals surface area contributed by atoms with E-state index in [0.717, 1.165) is 17.0 Å². The summed E-state index contributed by atoms with van der Waals surface area (Å²) in [5.74, 6) is -0.156. The Hall–Kier alpha value is -4.28. The van der Waals surface area contributed by atoms with Crippen molar-refractivity contribution in [2.75, 3.05) is 6.54 Å². The standard InChI is InChI=1S/C20H19N7O2.CH2O2/c1-25-11-23-16-5-12(3-4-14(16)20(25)29)19(28)27-8-15(13-6-24-26(2)7-13)18-17(9-27)21-10-22-18;2-1-3/h3-7,10-11,15H,8-9H2,1-2H3,(H,21,22);1H,(H,2,3). The number of carbonyl (C=O) groups is 2. The number of aryl methyl sites for hydroxylation is 2. The van der Waals surface area contributed by atoms with Crippen molar-refractivity contribution in [2.24, 2.45) is 14.1 Å². The summed E-state index contributed by atoms with van der Waals surface area (Å²) in [5, 5.41) is 11.6. The molecular formula is C21H21N7O4. The van der Waals surface area contributed by atoms with E-state index < -0.39 is 0 Å². The highest BCUT2D eigenvalue weighted by molar-refractivity contribution is 5.97. The summed E-state index contributed by atoms with van der Waals surface area (Å²) in [7, 11) is 3.52. The first-order valence-corrected chi connectivity index (χ1v) is 9.76. The third-order valence-corrected chi connectivity index (χ3v) is 5.41. The number of fused-ring (bicyclic) bond motifs is 2. The van der Waals surface area contributed by atoms with E-state index in [2.05, 4.69) is 20.1 Å². The number of nitrogens with one attached hydrogen (secondary N) is 1. The van der Waals surface area contributed by atoms with Crippen molar-refractivity contribution in [1.82, 2.24) is 34.2 Å². The summed E-state index contributed by atoms with van der Waals surface area (Å²) in [6.45, 7) is 0.706. The lowest BCUT2D eigenvalue weighted by atomic mass is 9.92. The van der Waals surface area contributed by atoms with Gasteiger partial charge >= 0.3 is 0 Å². The predicted molar refractivity (Wildman–Crippen MR) is 114 cm³/mol. The number of aromatic nitrogens is 6. The van der Waals surface area contributed by atoms with Gasteiger partial charge in [-0.1, -0.05) is 0 Å². The van der Waals surface area contributed by atoms with Crippen LogP contribution in [0.25, 0.3) is 10.9 Å². The van der Waals surface area contributed by atoms with Crippen LogP contribution < -0.4 is 5.56 Å². The quantitative estimate of drug-likeness (QED) is 0.446. The van der Waals surface area contributed by atoms with E-state index in [9.17, 15) is 9.59 Å². The Morgan fingerprint density at radius 2 is 2.06 bits per heavy atom. The number of carbonyl (C=O) groups excluding carboxylic acids is 1. The average molecular weight is 435 g/mol. The molecule has 0 fully saturated rings. The van der Waals surface area contributed by atoms with Crippen molar-refractivity contribution in [2.45, 2.75) is 12.5 Å². The molecule has 1 aromatic carbocycles. The largest absolute Gasteiger partial charge is 0.483 e. The number of carboxylic acid groups (broad SMARTS) is 1. The van der Waals surface area contributed by atoms with Gasteiger partial charge in [-0.3, -0.25) is 19.1 Å². The van der Waals surface area contributed by atoms with Gasteiger partial charge in [0.2, 0.25) is 0 Å². The van der Waals surface area contributed by atoms with Crippen LogP contribution in [0.15, 0.2) is 48.0 Å². The first-order chi connectivity index (χ1) is 15.4. The minimum atomic E-state index is -0.250. The normalized spacial score (nSPS) is 15.1. The minimum Gasteiger partial charge on any atom is -0.483 e. The number of rotatable bonds is 2. The number of imidazole rings is 1. The summed E-state index contributed by atoms with van der Waals surface area (Å²) < 4.78 is 3.17. The van der Waals surface area contributed by atoms with Crippen LogP contribution in [-0.4, -0.2) is 58.2 Å². The molecule has 3 aromatic heterocycles. The fraction of sp³-hybridized carbons (Fsp3) is 0.238. The monoisotopic (exact) mass is 435 g/mol. The maximum absolute atomic E-state index is 13.3. The first kappa shape index (κ1) is 21.0. The maximum Gasteiger partial charge on any atom is 0.290 e. The van der Waals surface area contributed by atoms with Crippen molar-refractivity contribution in [3.05, 3.63) is 76.1 Å². The van der Waals surface area contributed by atoms with Gasteiger partial charge in [0.1, 0.15) is 0 Å². The zero-order valence-electron chi connectivity index (χ0n) is 17.5. The Morgan fingerprint density at radius 3 is 2.78 bits per heavy atom. The Morgan fingerprint density at radius 1 is 1.28 bits per heavy atom. The van der Waals surface area contributed by atoms with Crippen molar-refractivity contribution >= 4 is 23.3 Å². The molecule has 0 spiro atoms.